The molecule has 64 valence electrons. The Morgan fingerprint density at radius 1 is 1.58 bits per heavy atom. The molecule has 1 rings (SSSR count). The van der Waals surface area contributed by atoms with Gasteiger partial charge in [-0.25, -0.2) is 9.97 Å². The maximum Gasteiger partial charge on any atom is 0.222 e. The van der Waals surface area contributed by atoms with Crippen LogP contribution in [0, 0.1) is 0 Å². The number of Topliss-reactive ketones (excluding diaryl/α,β-unsaturated/α-hetero) is 1. The zero-order valence-corrected chi connectivity index (χ0v) is 7.64. The van der Waals surface area contributed by atoms with E-state index in [9.17, 15) is 4.79 Å². The van der Waals surface area contributed by atoms with Crippen LogP contribution in [0.5, 0.6) is 0 Å². The number of halogens is 2. The number of rotatable bonds is 3. The van der Waals surface area contributed by atoms with Crippen molar-refractivity contribution in [1.82, 2.24) is 9.97 Å². The van der Waals surface area contributed by atoms with Crippen molar-refractivity contribution < 1.29 is 4.79 Å². The Balaban J connectivity index is 2.69. The third-order valence-corrected chi connectivity index (χ3v) is 1.69. The van der Waals surface area contributed by atoms with Gasteiger partial charge in [0.15, 0.2) is 5.78 Å². The summed E-state index contributed by atoms with van der Waals surface area (Å²) >= 11 is 10.8. The predicted octanol–water partition coefficient (Wildman–Crippen LogP) is 1.48. The number of aromatic nitrogens is 2. The molecule has 0 aliphatic heterocycles. The molecule has 12 heavy (non-hydrogen) atoms. The molecular formula is C7H6Cl2N2O. The van der Waals surface area contributed by atoms with Crippen LogP contribution < -0.4 is 0 Å². The van der Waals surface area contributed by atoms with Crippen molar-refractivity contribution >= 4 is 29.0 Å². The molecule has 0 amide bonds. The molecule has 0 aromatic carbocycles. The molecule has 0 radical (unpaired) electrons. The second kappa shape index (κ2) is 4.38. The Labute approximate surface area is 79.7 Å². The first-order valence-corrected chi connectivity index (χ1v) is 4.18. The molecule has 0 unspecified atom stereocenters. The summed E-state index contributed by atoms with van der Waals surface area (Å²) in [5.41, 5.74) is 0.598. The Bertz CT molecular complexity index is 290. The first-order valence-electron chi connectivity index (χ1n) is 3.27. The first-order chi connectivity index (χ1) is 5.72. The molecule has 3 nitrogen and oxygen atoms in total. The second-order valence-electron chi connectivity index (χ2n) is 2.17. The van der Waals surface area contributed by atoms with Crippen LogP contribution in [0.4, 0.5) is 0 Å². The highest BCUT2D eigenvalue weighted by atomic mass is 35.5. The molecule has 0 saturated carbocycles. The van der Waals surface area contributed by atoms with Gasteiger partial charge in [-0.3, -0.25) is 4.79 Å². The van der Waals surface area contributed by atoms with E-state index in [0.29, 0.717) is 5.69 Å². The van der Waals surface area contributed by atoms with E-state index in [4.69, 9.17) is 23.2 Å². The standard InChI is InChI=1S/C7H6Cl2N2O/c8-4-6(12)3-5-1-2-10-7(9)11-5/h1-2H,3-4H2. The average molecular weight is 205 g/mol. The second-order valence-corrected chi connectivity index (χ2v) is 2.77. The molecule has 0 spiro atoms. The smallest absolute Gasteiger partial charge is 0.222 e. The van der Waals surface area contributed by atoms with Crippen molar-refractivity contribution in [3.63, 3.8) is 0 Å². The highest BCUT2D eigenvalue weighted by molar-refractivity contribution is 6.28. The number of carbonyl (C=O) groups excluding carboxylic acids is 1. The van der Waals surface area contributed by atoms with Gasteiger partial charge < -0.3 is 0 Å². The topological polar surface area (TPSA) is 42.9 Å². The van der Waals surface area contributed by atoms with Crippen molar-refractivity contribution in [2.24, 2.45) is 0 Å². The quantitative estimate of drug-likeness (QED) is 0.554. The molecule has 1 heterocycles. The minimum Gasteiger partial charge on any atom is -0.298 e. The van der Waals surface area contributed by atoms with Gasteiger partial charge in [0, 0.05) is 6.20 Å². The van der Waals surface area contributed by atoms with Gasteiger partial charge >= 0.3 is 0 Å². The lowest BCUT2D eigenvalue weighted by Gasteiger charge is -1.96. The fraction of sp³-hybridized carbons (Fsp3) is 0.286. The van der Waals surface area contributed by atoms with E-state index in [1.54, 1.807) is 6.07 Å². The molecule has 5 heteroatoms. The minimum atomic E-state index is -0.0774. The molecule has 0 aliphatic rings. The largest absolute Gasteiger partial charge is 0.298 e. The molecule has 0 bridgehead atoms. The van der Waals surface area contributed by atoms with Crippen LogP contribution in [-0.2, 0) is 11.2 Å². The Hall–Kier alpha value is -0.670. The van der Waals surface area contributed by atoms with E-state index >= 15 is 0 Å². The van der Waals surface area contributed by atoms with Crippen LogP contribution >= 0.6 is 23.2 Å². The van der Waals surface area contributed by atoms with Gasteiger partial charge in [0.2, 0.25) is 5.28 Å². The van der Waals surface area contributed by atoms with Gasteiger partial charge in [-0.15, -0.1) is 11.6 Å². The highest BCUT2D eigenvalue weighted by Gasteiger charge is 2.03. The zero-order valence-electron chi connectivity index (χ0n) is 6.13. The van der Waals surface area contributed by atoms with E-state index in [2.05, 4.69) is 9.97 Å². The van der Waals surface area contributed by atoms with Crippen LogP contribution in [-0.4, -0.2) is 21.6 Å². The Morgan fingerprint density at radius 3 is 2.92 bits per heavy atom. The van der Waals surface area contributed by atoms with E-state index in [1.807, 2.05) is 0 Å². The summed E-state index contributed by atoms with van der Waals surface area (Å²) in [4.78, 5) is 18.4. The predicted molar refractivity (Wildman–Crippen MR) is 46.5 cm³/mol. The van der Waals surface area contributed by atoms with Gasteiger partial charge in [-0.2, -0.15) is 0 Å². The average Bonchev–Trinajstić information content (AvgIpc) is 2.04. The number of ketones is 1. The van der Waals surface area contributed by atoms with Gasteiger partial charge in [-0.05, 0) is 17.7 Å². The summed E-state index contributed by atoms with van der Waals surface area (Å²) in [6, 6.07) is 1.64. The van der Waals surface area contributed by atoms with E-state index in [1.165, 1.54) is 6.20 Å². The SMILES string of the molecule is O=C(CCl)Cc1ccnc(Cl)n1. The van der Waals surface area contributed by atoms with Crippen LogP contribution in [0.3, 0.4) is 0 Å². The van der Waals surface area contributed by atoms with E-state index in [0.717, 1.165) is 0 Å². The maximum atomic E-state index is 10.9. The van der Waals surface area contributed by atoms with Gasteiger partial charge in [0.05, 0.1) is 18.0 Å². The lowest BCUT2D eigenvalue weighted by atomic mass is 10.2. The number of carbonyl (C=O) groups is 1. The molecule has 0 aliphatic carbocycles. The maximum absolute atomic E-state index is 10.9. The molecule has 1 aromatic heterocycles. The van der Waals surface area contributed by atoms with Crippen LogP contribution in [0.1, 0.15) is 5.69 Å². The lowest BCUT2D eigenvalue weighted by molar-refractivity contribution is -0.116. The van der Waals surface area contributed by atoms with Gasteiger partial charge in [0.25, 0.3) is 0 Å². The monoisotopic (exact) mass is 204 g/mol. The molecule has 0 fully saturated rings. The summed E-state index contributed by atoms with van der Waals surface area (Å²) in [5, 5.41) is 0.148. The van der Waals surface area contributed by atoms with E-state index in [-0.39, 0.29) is 23.4 Å². The number of nitrogens with zero attached hydrogens (tertiary/aromatic N) is 2. The van der Waals surface area contributed by atoms with E-state index < -0.39 is 0 Å². The molecule has 0 saturated heterocycles. The Morgan fingerprint density at radius 2 is 2.33 bits per heavy atom. The molecule has 0 atom stereocenters. The normalized spacial score (nSPS) is 9.83. The van der Waals surface area contributed by atoms with Crippen LogP contribution in [0.2, 0.25) is 5.28 Å². The third kappa shape index (κ3) is 2.75. The molecule has 1 aromatic rings. The van der Waals surface area contributed by atoms with Gasteiger partial charge in [-0.1, -0.05) is 0 Å². The summed E-state index contributed by atoms with van der Waals surface area (Å²) in [5.74, 6) is -0.0758. The van der Waals surface area contributed by atoms with Crippen molar-refractivity contribution in [3.8, 4) is 0 Å². The number of hydrogen-bond acceptors (Lipinski definition) is 3. The van der Waals surface area contributed by atoms with Gasteiger partial charge in [0.1, 0.15) is 0 Å². The number of hydrogen-bond donors (Lipinski definition) is 0. The fourth-order valence-electron chi connectivity index (χ4n) is 0.717. The Kier molecular flexibility index (Phi) is 3.44. The summed E-state index contributed by atoms with van der Waals surface area (Å²) in [6.45, 7) is 0. The van der Waals surface area contributed by atoms with Crippen LogP contribution in [0.25, 0.3) is 0 Å². The summed E-state index contributed by atoms with van der Waals surface area (Å²) in [6.07, 6.45) is 1.72. The van der Waals surface area contributed by atoms with Crippen molar-refractivity contribution in [3.05, 3.63) is 23.2 Å². The highest BCUT2D eigenvalue weighted by Crippen LogP contribution is 2.02. The lowest BCUT2D eigenvalue weighted by Crippen LogP contribution is -2.05. The minimum absolute atomic E-state index is 0.00161. The third-order valence-electron chi connectivity index (χ3n) is 1.21. The van der Waals surface area contributed by atoms with Crippen LogP contribution in [0.15, 0.2) is 12.3 Å². The molecular weight excluding hydrogens is 199 g/mol. The fourth-order valence-corrected chi connectivity index (χ4v) is 0.977. The zero-order chi connectivity index (χ0) is 8.97. The molecule has 0 N–H and O–H groups in total. The van der Waals surface area contributed by atoms with Crippen molar-refractivity contribution in [2.45, 2.75) is 6.42 Å². The van der Waals surface area contributed by atoms with Crippen molar-refractivity contribution in [2.75, 3.05) is 5.88 Å². The van der Waals surface area contributed by atoms with Crippen molar-refractivity contribution in [1.29, 1.82) is 0 Å². The summed E-state index contributed by atoms with van der Waals surface area (Å²) in [7, 11) is 0. The summed E-state index contributed by atoms with van der Waals surface area (Å²) < 4.78 is 0. The first kappa shape index (κ1) is 9.42. The number of alkyl halides is 1.